The molecule has 3 aromatic heterocycles. The molecule has 0 fully saturated rings. The fourth-order valence-electron chi connectivity index (χ4n) is 2.96. The second-order valence-corrected chi connectivity index (χ2v) is 6.14. The van der Waals surface area contributed by atoms with Crippen molar-refractivity contribution in [1.29, 1.82) is 0 Å². The van der Waals surface area contributed by atoms with Crippen molar-refractivity contribution >= 4 is 17.8 Å². The maximum Gasteiger partial charge on any atom is 0.273 e. The van der Waals surface area contributed by atoms with Crippen LogP contribution >= 0.6 is 0 Å². The van der Waals surface area contributed by atoms with Gasteiger partial charge >= 0.3 is 0 Å². The van der Waals surface area contributed by atoms with E-state index in [0.717, 1.165) is 16.8 Å². The second-order valence-electron chi connectivity index (χ2n) is 6.14. The van der Waals surface area contributed by atoms with Gasteiger partial charge in [0.05, 0.1) is 12.2 Å². The number of hydrogen-bond donors (Lipinski definition) is 0. The van der Waals surface area contributed by atoms with E-state index in [1.165, 1.54) is 0 Å². The Morgan fingerprint density at radius 3 is 2.65 bits per heavy atom. The summed E-state index contributed by atoms with van der Waals surface area (Å²) in [6, 6.07) is 17.4. The summed E-state index contributed by atoms with van der Waals surface area (Å²) in [6.45, 7) is 2.62. The van der Waals surface area contributed by atoms with Crippen LogP contribution in [-0.2, 0) is 6.54 Å². The molecule has 0 amide bonds. The van der Waals surface area contributed by atoms with Crippen molar-refractivity contribution in [2.75, 3.05) is 0 Å². The molecule has 128 valence electrons. The number of hydrogen-bond acceptors (Lipinski definition) is 3. The van der Waals surface area contributed by atoms with E-state index < -0.39 is 0 Å². The molecule has 0 aliphatic heterocycles. The van der Waals surface area contributed by atoms with Crippen LogP contribution in [0.5, 0.6) is 0 Å². The Morgan fingerprint density at radius 2 is 1.88 bits per heavy atom. The average molecular weight is 342 g/mol. The molecule has 1 aromatic carbocycles. The fraction of sp³-hybridized carbons (Fsp3) is 0.0952. The average Bonchev–Trinajstić information content (AvgIpc) is 2.97. The van der Waals surface area contributed by atoms with Crippen molar-refractivity contribution in [3.05, 3.63) is 99.9 Å². The third-order valence-electron chi connectivity index (χ3n) is 4.23. The van der Waals surface area contributed by atoms with Gasteiger partial charge in [0.2, 0.25) is 0 Å². The predicted molar refractivity (Wildman–Crippen MR) is 103 cm³/mol. The first-order valence-electron chi connectivity index (χ1n) is 8.43. The third-order valence-corrected chi connectivity index (χ3v) is 4.23. The van der Waals surface area contributed by atoms with Crippen LogP contribution in [0.4, 0.5) is 0 Å². The highest BCUT2D eigenvalue weighted by Gasteiger charge is 2.09. The molecule has 0 atom stereocenters. The monoisotopic (exact) mass is 342 g/mol. The Bertz CT molecular complexity index is 1130. The van der Waals surface area contributed by atoms with E-state index in [-0.39, 0.29) is 5.56 Å². The number of aryl methyl sites for hydroxylation is 1. The first kappa shape index (κ1) is 16.0. The molecule has 5 heteroatoms. The topological polar surface area (TPSA) is 52.2 Å². The van der Waals surface area contributed by atoms with Gasteiger partial charge in [-0.05, 0) is 30.2 Å². The highest BCUT2D eigenvalue weighted by Crippen LogP contribution is 2.11. The maximum absolute atomic E-state index is 12.7. The molecule has 0 aliphatic rings. The van der Waals surface area contributed by atoms with Crippen LogP contribution < -0.4 is 5.56 Å². The zero-order chi connectivity index (χ0) is 17.9. The highest BCUT2D eigenvalue weighted by atomic mass is 16.1. The Morgan fingerprint density at radius 1 is 1.04 bits per heavy atom. The maximum atomic E-state index is 12.7. The van der Waals surface area contributed by atoms with Gasteiger partial charge in [0, 0.05) is 30.2 Å². The lowest BCUT2D eigenvalue weighted by molar-refractivity contribution is 0.603. The molecular formula is C21H18N4O. The minimum Gasteiger partial charge on any atom is -0.277 e. The standard InChI is InChI=1S/C21H18N4O/c1-16-12-20-23-19(10-9-17-8-5-11-22-14-17)13-21(26)25(20)24(16)15-18-6-3-2-4-7-18/h2-14H,15H2,1H3/b10-9+. The second kappa shape index (κ2) is 6.80. The summed E-state index contributed by atoms with van der Waals surface area (Å²) in [7, 11) is 0. The van der Waals surface area contributed by atoms with Gasteiger partial charge in [-0.1, -0.05) is 42.5 Å². The van der Waals surface area contributed by atoms with Gasteiger partial charge in [-0.25, -0.2) is 4.98 Å². The van der Waals surface area contributed by atoms with Crippen molar-refractivity contribution in [3.8, 4) is 0 Å². The van der Waals surface area contributed by atoms with Gasteiger partial charge in [-0.2, -0.15) is 4.52 Å². The summed E-state index contributed by atoms with van der Waals surface area (Å²) in [5.41, 5.74) is 4.29. The van der Waals surface area contributed by atoms with Crippen molar-refractivity contribution in [2.45, 2.75) is 13.5 Å². The number of aromatic nitrogens is 4. The summed E-state index contributed by atoms with van der Waals surface area (Å²) in [6.07, 6.45) is 7.23. The Labute approximate surface area is 150 Å². The smallest absolute Gasteiger partial charge is 0.273 e. The number of pyridine rings is 1. The molecule has 0 saturated heterocycles. The van der Waals surface area contributed by atoms with Crippen LogP contribution in [-0.4, -0.2) is 19.2 Å². The molecular weight excluding hydrogens is 324 g/mol. The quantitative estimate of drug-likeness (QED) is 0.571. The van der Waals surface area contributed by atoms with E-state index >= 15 is 0 Å². The Hall–Kier alpha value is -3.47. The minimum atomic E-state index is -0.0927. The van der Waals surface area contributed by atoms with Crippen molar-refractivity contribution in [1.82, 2.24) is 19.2 Å². The molecule has 0 radical (unpaired) electrons. The van der Waals surface area contributed by atoms with E-state index in [0.29, 0.717) is 17.9 Å². The zero-order valence-electron chi connectivity index (χ0n) is 14.4. The zero-order valence-corrected chi connectivity index (χ0v) is 14.4. The van der Waals surface area contributed by atoms with Crippen LogP contribution in [0.1, 0.15) is 22.5 Å². The number of nitrogens with zero attached hydrogens (tertiary/aromatic N) is 4. The first-order valence-corrected chi connectivity index (χ1v) is 8.43. The third kappa shape index (κ3) is 3.19. The van der Waals surface area contributed by atoms with E-state index in [1.54, 1.807) is 23.0 Å². The van der Waals surface area contributed by atoms with Gasteiger partial charge in [0.25, 0.3) is 5.56 Å². The van der Waals surface area contributed by atoms with Gasteiger partial charge in [0.1, 0.15) is 0 Å². The van der Waals surface area contributed by atoms with E-state index in [9.17, 15) is 4.79 Å². The summed E-state index contributed by atoms with van der Waals surface area (Å²) >= 11 is 0. The van der Waals surface area contributed by atoms with Crippen molar-refractivity contribution in [3.63, 3.8) is 0 Å². The van der Waals surface area contributed by atoms with Gasteiger partial charge in [-0.15, -0.1) is 0 Å². The highest BCUT2D eigenvalue weighted by molar-refractivity contribution is 5.68. The molecule has 0 aliphatic carbocycles. The van der Waals surface area contributed by atoms with E-state index in [2.05, 4.69) is 22.1 Å². The lowest BCUT2D eigenvalue weighted by atomic mass is 10.2. The Balaban J connectivity index is 1.73. The van der Waals surface area contributed by atoms with Crippen molar-refractivity contribution in [2.24, 2.45) is 0 Å². The van der Waals surface area contributed by atoms with Gasteiger partial charge in [0.15, 0.2) is 5.65 Å². The van der Waals surface area contributed by atoms with E-state index in [4.69, 9.17) is 0 Å². The summed E-state index contributed by atoms with van der Waals surface area (Å²) in [5, 5.41) is 0. The van der Waals surface area contributed by atoms with Crippen LogP contribution in [0.25, 0.3) is 17.8 Å². The largest absolute Gasteiger partial charge is 0.277 e. The minimum absolute atomic E-state index is 0.0927. The van der Waals surface area contributed by atoms with Crippen LogP contribution in [0.2, 0.25) is 0 Å². The lowest BCUT2D eigenvalue weighted by Gasteiger charge is -2.09. The molecule has 5 nitrogen and oxygen atoms in total. The molecule has 0 N–H and O–H groups in total. The predicted octanol–water partition coefficient (Wildman–Crippen LogP) is 3.42. The van der Waals surface area contributed by atoms with Crippen LogP contribution in [0.15, 0.2) is 71.8 Å². The molecule has 0 saturated carbocycles. The van der Waals surface area contributed by atoms with Crippen LogP contribution in [0.3, 0.4) is 0 Å². The fourth-order valence-corrected chi connectivity index (χ4v) is 2.96. The molecule has 4 rings (SSSR count). The summed E-state index contributed by atoms with van der Waals surface area (Å²) in [4.78, 5) is 21.4. The van der Waals surface area contributed by atoms with E-state index in [1.807, 2.05) is 60.2 Å². The SMILES string of the molecule is Cc1cc2nc(/C=C/c3cccnc3)cc(=O)n2n1Cc1ccccc1. The Kier molecular flexibility index (Phi) is 4.19. The number of benzene rings is 1. The van der Waals surface area contributed by atoms with Gasteiger partial charge < -0.3 is 0 Å². The molecule has 4 aromatic rings. The molecule has 0 unspecified atom stereocenters. The molecule has 3 heterocycles. The van der Waals surface area contributed by atoms with Crippen molar-refractivity contribution < 1.29 is 0 Å². The van der Waals surface area contributed by atoms with Crippen LogP contribution in [0, 0.1) is 6.92 Å². The lowest BCUT2D eigenvalue weighted by Crippen LogP contribution is -2.22. The molecule has 26 heavy (non-hydrogen) atoms. The van der Waals surface area contributed by atoms with Gasteiger partial charge in [-0.3, -0.25) is 14.5 Å². The normalized spacial score (nSPS) is 11.4. The number of rotatable bonds is 4. The summed E-state index contributed by atoms with van der Waals surface area (Å²) < 4.78 is 3.58. The summed E-state index contributed by atoms with van der Waals surface area (Å²) in [5.74, 6) is 0. The molecule has 0 bridgehead atoms. The molecule has 0 spiro atoms. The number of fused-ring (bicyclic) bond motifs is 1. The first-order chi connectivity index (χ1) is 12.7.